The van der Waals surface area contributed by atoms with E-state index in [1.54, 1.807) is 28.3 Å². The first-order valence-electron chi connectivity index (χ1n) is 31.7. The summed E-state index contributed by atoms with van der Waals surface area (Å²) in [5.41, 5.74) is 23.9. The number of furan rings is 2. The molecule has 14 rings (SSSR count). The average molecular weight is 1300 g/mol. The molecule has 1 radical (unpaired) electrons. The van der Waals surface area contributed by atoms with Crippen molar-refractivity contribution in [3.05, 3.63) is 208 Å². The maximum Gasteiger partial charge on any atom is 0.136 e. The van der Waals surface area contributed by atoms with Crippen LogP contribution in [-0.4, -0.2) is 14.5 Å². The minimum Gasteiger partial charge on any atom is -0.501 e. The van der Waals surface area contributed by atoms with Gasteiger partial charge in [-0.3, -0.25) is 4.98 Å². The molecule has 0 fully saturated rings. The Bertz CT molecular complexity index is 4650. The zero-order valence-electron chi connectivity index (χ0n) is 55.0. The summed E-state index contributed by atoms with van der Waals surface area (Å²) in [6.07, 6.45) is 4.30. The number of hydrogen-bond donors (Lipinski definition) is 0. The average Bonchev–Trinajstić information content (AvgIpc) is 1.53. The first-order valence-corrected chi connectivity index (χ1v) is 30.2. The molecule has 5 nitrogen and oxygen atoms in total. The van der Waals surface area contributed by atoms with Gasteiger partial charge in [0.1, 0.15) is 16.7 Å². The number of imidazole rings is 1. The second-order valence-corrected chi connectivity index (χ2v) is 28.4. The predicted molar refractivity (Wildman–Crippen MR) is 352 cm³/mol. The number of pyridine rings is 1. The monoisotopic (exact) mass is 1300 g/mol. The molecule has 4 aromatic heterocycles. The Labute approximate surface area is 520 Å². The van der Waals surface area contributed by atoms with Crippen molar-refractivity contribution in [2.24, 2.45) is 0 Å². The fourth-order valence-electron chi connectivity index (χ4n) is 15.1. The third kappa shape index (κ3) is 9.71. The molecule has 4 heterocycles. The second-order valence-electron chi connectivity index (χ2n) is 28.4. The zero-order chi connectivity index (χ0) is 61.7. The van der Waals surface area contributed by atoms with Crippen LogP contribution < -0.4 is 0 Å². The van der Waals surface area contributed by atoms with E-state index in [-0.39, 0.29) is 64.6 Å². The van der Waals surface area contributed by atoms with Crippen LogP contribution in [0.25, 0.3) is 105 Å². The molecule has 0 saturated heterocycles. The number of nitrogens with zero attached hydrogens (tertiary/aromatic N) is 3. The van der Waals surface area contributed by atoms with Crippen LogP contribution in [0.2, 0.25) is 0 Å². The first-order chi connectivity index (χ1) is 41.0. The van der Waals surface area contributed by atoms with E-state index in [0.717, 1.165) is 44.3 Å². The van der Waals surface area contributed by atoms with Gasteiger partial charge in [0.25, 0.3) is 0 Å². The number of aromatic nitrogens is 3. The summed E-state index contributed by atoms with van der Waals surface area (Å²) in [5.74, 6) is 1.02. The van der Waals surface area contributed by atoms with Crippen LogP contribution in [0.15, 0.2) is 161 Å². The summed E-state index contributed by atoms with van der Waals surface area (Å²) in [6, 6.07) is 57.2. The number of fused-ring (bicyclic) bond motifs is 9. The molecule has 0 unspecified atom stereocenters. The number of hydrogen-bond acceptors (Lipinski definition) is 4. The van der Waals surface area contributed by atoms with Gasteiger partial charge in [-0.15, -0.1) is 53.1 Å². The van der Waals surface area contributed by atoms with Crippen molar-refractivity contribution in [2.45, 2.75) is 162 Å². The molecule has 0 spiro atoms. The third-order valence-corrected chi connectivity index (χ3v) is 18.5. The van der Waals surface area contributed by atoms with Crippen molar-refractivity contribution in [1.29, 1.82) is 0 Å². The van der Waals surface area contributed by atoms with Crippen LogP contribution in [0.3, 0.4) is 0 Å². The molecule has 12 aromatic rings. The van der Waals surface area contributed by atoms with Crippen LogP contribution in [0.4, 0.5) is 0 Å². The van der Waals surface area contributed by atoms with Crippen molar-refractivity contribution in [2.75, 3.05) is 0 Å². The number of aryl methyl sites for hydroxylation is 1. The van der Waals surface area contributed by atoms with E-state index >= 15 is 0 Å². The summed E-state index contributed by atoms with van der Waals surface area (Å²) in [5, 5.41) is 3.08. The second kappa shape index (κ2) is 20.7. The molecule has 6 heteroatoms. The Morgan fingerprint density at radius 1 is 0.600 bits per heavy atom. The maximum atomic E-state index is 8.53. The zero-order valence-corrected chi connectivity index (χ0v) is 54.4. The minimum absolute atomic E-state index is 0. The molecule has 0 amide bonds. The molecule has 0 aliphatic heterocycles. The normalized spacial score (nSPS) is 16.4. The molecule has 8 aromatic carbocycles. The molecule has 2 aliphatic carbocycles. The van der Waals surface area contributed by atoms with Gasteiger partial charge in [0.2, 0.25) is 0 Å². The Balaban J connectivity index is 0.000000180. The van der Waals surface area contributed by atoms with E-state index in [2.05, 4.69) is 199 Å². The summed E-state index contributed by atoms with van der Waals surface area (Å²) in [7, 11) is 0. The largest absolute Gasteiger partial charge is 0.501 e. The van der Waals surface area contributed by atoms with Gasteiger partial charge in [0.15, 0.2) is 0 Å². The molecular formula is C79H79IrN3O2-2. The van der Waals surface area contributed by atoms with E-state index in [0.29, 0.717) is 38.9 Å². The summed E-state index contributed by atoms with van der Waals surface area (Å²) >= 11 is 0. The van der Waals surface area contributed by atoms with Crippen molar-refractivity contribution >= 4 is 54.9 Å². The molecular weight excluding hydrogens is 1220 g/mol. The Hall–Kier alpha value is -7.37. The fourth-order valence-corrected chi connectivity index (χ4v) is 15.1. The van der Waals surface area contributed by atoms with Gasteiger partial charge in [-0.1, -0.05) is 194 Å². The first kappa shape index (κ1) is 54.3. The fraction of sp³-hybridized carbons (Fsp3) is 0.316. The molecule has 0 N–H and O–H groups in total. The van der Waals surface area contributed by atoms with Crippen LogP contribution in [0, 0.1) is 19.0 Å². The molecule has 433 valence electrons. The quantitative estimate of drug-likeness (QED) is 0.149. The molecule has 2 aliphatic rings. The summed E-state index contributed by atoms with van der Waals surface area (Å²) in [4.78, 5) is 10.0. The number of benzene rings is 8. The molecule has 0 bridgehead atoms. The van der Waals surface area contributed by atoms with E-state index < -0.39 is 6.85 Å². The van der Waals surface area contributed by atoms with Crippen LogP contribution in [0.1, 0.15) is 177 Å². The van der Waals surface area contributed by atoms with Crippen molar-refractivity contribution < 1.29 is 33.1 Å². The van der Waals surface area contributed by atoms with E-state index in [4.69, 9.17) is 22.9 Å². The molecule has 0 atom stereocenters. The van der Waals surface area contributed by atoms with Gasteiger partial charge in [0, 0.05) is 52.3 Å². The summed E-state index contributed by atoms with van der Waals surface area (Å²) < 4.78 is 40.8. The predicted octanol–water partition coefficient (Wildman–Crippen LogP) is 21.9. The standard InChI is InChI=1S/C44H35N2O2.C35H44N.Ir/c1-25(2)32-21-29(28-13-7-6-8-14-28)22-33(26(3)4)42(32)46-37-17-11-10-16-36(37)45-44(46)31-20-19-27(5)41-35-24-39-34(23-40(35)48-43(31)41)30-15-9-12-18-38(30)47-39;1-31(2,3)24-15-16-36-27(18-24)22-13-12-14-23(17-22)28-29-25(32(4,5)20-34(29,8)9)19-26-30(28)35(10,11)21-33(26,6)7;/h6-19,21-26H,1-5H3;12,14-19H,20-21H2,1-11H3;/q2*-1;/i5D3;;. The van der Waals surface area contributed by atoms with E-state index in [1.165, 1.54) is 51.8 Å². The van der Waals surface area contributed by atoms with Gasteiger partial charge in [-0.2, -0.15) is 0 Å². The SMILES string of the molecule is CC(C)(C)c1ccnc(-c2[c-]ccc(-c3c4c(cc5c3C(C)(C)CC5(C)C)C(C)(C)CC4(C)C)c2)c1.[2H]C([2H])([2H])c1c[c-]c(-c2nc3ccccc3n2-c2c(C(C)C)cc(-c3ccccc3)cc2C(C)C)c2oc3cc4c(cc3c12)oc1ccccc14.[Ir]. The van der Waals surface area contributed by atoms with Crippen molar-refractivity contribution in [1.82, 2.24) is 14.5 Å². The van der Waals surface area contributed by atoms with Crippen molar-refractivity contribution in [3.8, 4) is 50.6 Å². The van der Waals surface area contributed by atoms with Crippen LogP contribution in [0.5, 0.6) is 0 Å². The smallest absolute Gasteiger partial charge is 0.136 e. The minimum atomic E-state index is -2.41. The number of para-hydroxylation sites is 3. The third-order valence-electron chi connectivity index (χ3n) is 18.5. The Morgan fingerprint density at radius 2 is 1.22 bits per heavy atom. The Kier molecular flexibility index (Phi) is 13.2. The van der Waals surface area contributed by atoms with E-state index in [9.17, 15) is 0 Å². The van der Waals surface area contributed by atoms with Gasteiger partial charge in [-0.25, -0.2) is 0 Å². The van der Waals surface area contributed by atoms with Gasteiger partial charge in [-0.05, 0) is 162 Å². The van der Waals surface area contributed by atoms with E-state index in [1.807, 2.05) is 66.9 Å². The summed E-state index contributed by atoms with van der Waals surface area (Å²) in [6.45, 7) is 32.9. The van der Waals surface area contributed by atoms with Crippen molar-refractivity contribution in [3.63, 3.8) is 0 Å². The Morgan fingerprint density at radius 3 is 1.88 bits per heavy atom. The molecule has 85 heavy (non-hydrogen) atoms. The topological polar surface area (TPSA) is 57.0 Å². The van der Waals surface area contributed by atoms with Gasteiger partial charge in [0.05, 0.1) is 22.4 Å². The maximum absolute atomic E-state index is 8.53. The number of rotatable bonds is 7. The van der Waals surface area contributed by atoms with Gasteiger partial charge >= 0.3 is 0 Å². The molecule has 0 saturated carbocycles. The van der Waals surface area contributed by atoms with Crippen LogP contribution in [-0.2, 0) is 47.2 Å². The van der Waals surface area contributed by atoms with Crippen LogP contribution >= 0.6 is 0 Å². The van der Waals surface area contributed by atoms with Gasteiger partial charge < -0.3 is 18.4 Å².